The third-order valence-corrected chi connectivity index (χ3v) is 3.61. The van der Waals surface area contributed by atoms with Crippen LogP contribution in [0.3, 0.4) is 0 Å². The average molecular weight is 299 g/mol. The first-order valence-corrected chi connectivity index (χ1v) is 6.82. The highest BCUT2D eigenvalue weighted by atomic mass is 16.6. The quantitative estimate of drug-likeness (QED) is 0.571. The molecule has 0 saturated carbocycles. The molecule has 0 radical (unpaired) electrons. The molecule has 2 atom stereocenters. The Balaban J connectivity index is 2.11. The van der Waals surface area contributed by atoms with Crippen molar-refractivity contribution >= 4 is 0 Å². The van der Waals surface area contributed by atoms with Crippen LogP contribution in [0, 0.1) is 0 Å². The standard InChI is InChI=1S/C12H17N3O6/c1-19-5-3-13-10(16)14(6-8-7-21-8)12(18)15(11(13)17)9-2-4-20-9/h8-9H,2-7H2,1H3. The summed E-state index contributed by atoms with van der Waals surface area (Å²) in [6.07, 6.45) is -0.150. The van der Waals surface area contributed by atoms with Crippen molar-refractivity contribution in [3.8, 4) is 0 Å². The van der Waals surface area contributed by atoms with E-state index in [2.05, 4.69) is 0 Å². The van der Waals surface area contributed by atoms with Crippen molar-refractivity contribution < 1.29 is 14.2 Å². The van der Waals surface area contributed by atoms with Gasteiger partial charge in [0, 0.05) is 13.5 Å². The predicted octanol–water partition coefficient (Wildman–Crippen LogP) is -1.86. The largest absolute Gasteiger partial charge is 0.383 e. The number of methoxy groups -OCH3 is 1. The summed E-state index contributed by atoms with van der Waals surface area (Å²) in [7, 11) is 1.48. The zero-order valence-corrected chi connectivity index (χ0v) is 11.7. The van der Waals surface area contributed by atoms with Crippen LogP contribution in [-0.4, -0.2) is 46.7 Å². The van der Waals surface area contributed by atoms with Crippen LogP contribution in [0.1, 0.15) is 12.6 Å². The van der Waals surface area contributed by atoms with Crippen LogP contribution in [0.2, 0.25) is 0 Å². The second-order valence-electron chi connectivity index (χ2n) is 5.04. The number of hydrogen-bond acceptors (Lipinski definition) is 6. The molecule has 3 rings (SSSR count). The molecule has 0 amide bonds. The second kappa shape index (κ2) is 5.58. The Labute approximate surface area is 119 Å². The van der Waals surface area contributed by atoms with Crippen LogP contribution in [0.4, 0.5) is 0 Å². The van der Waals surface area contributed by atoms with Gasteiger partial charge in [0.1, 0.15) is 6.23 Å². The summed E-state index contributed by atoms with van der Waals surface area (Å²) < 4.78 is 18.2. The molecule has 0 N–H and O–H groups in total. The van der Waals surface area contributed by atoms with Gasteiger partial charge >= 0.3 is 17.1 Å². The minimum absolute atomic E-state index is 0.0900. The van der Waals surface area contributed by atoms with Crippen molar-refractivity contribution in [2.24, 2.45) is 0 Å². The van der Waals surface area contributed by atoms with Crippen molar-refractivity contribution in [1.29, 1.82) is 0 Å². The maximum Gasteiger partial charge on any atom is 0.338 e. The van der Waals surface area contributed by atoms with Crippen LogP contribution in [0.15, 0.2) is 14.4 Å². The number of epoxide rings is 1. The van der Waals surface area contributed by atoms with E-state index in [0.717, 1.165) is 13.7 Å². The van der Waals surface area contributed by atoms with E-state index < -0.39 is 23.3 Å². The maximum atomic E-state index is 12.4. The lowest BCUT2D eigenvalue weighted by atomic mass is 10.3. The van der Waals surface area contributed by atoms with Crippen molar-refractivity contribution in [2.45, 2.75) is 31.8 Å². The van der Waals surface area contributed by atoms with Gasteiger partial charge < -0.3 is 14.2 Å². The third-order valence-electron chi connectivity index (χ3n) is 3.61. The zero-order valence-electron chi connectivity index (χ0n) is 11.7. The number of hydrogen-bond donors (Lipinski definition) is 0. The Morgan fingerprint density at radius 1 is 1.14 bits per heavy atom. The second-order valence-corrected chi connectivity index (χ2v) is 5.04. The van der Waals surface area contributed by atoms with Crippen molar-refractivity contribution in [3.05, 3.63) is 31.5 Å². The molecule has 0 aromatic carbocycles. The number of nitrogens with zero attached hydrogens (tertiary/aromatic N) is 3. The third kappa shape index (κ3) is 2.59. The molecule has 2 saturated heterocycles. The first-order chi connectivity index (χ1) is 10.1. The first kappa shape index (κ1) is 14.2. The van der Waals surface area contributed by atoms with Gasteiger partial charge in [-0.3, -0.25) is 0 Å². The number of ether oxygens (including phenoxy) is 3. The van der Waals surface area contributed by atoms with Gasteiger partial charge in [0.25, 0.3) is 0 Å². The molecule has 21 heavy (non-hydrogen) atoms. The van der Waals surface area contributed by atoms with E-state index in [0.29, 0.717) is 19.6 Å². The van der Waals surface area contributed by atoms with E-state index >= 15 is 0 Å². The van der Waals surface area contributed by atoms with Crippen LogP contribution in [-0.2, 0) is 27.3 Å². The van der Waals surface area contributed by atoms with Crippen molar-refractivity contribution in [3.63, 3.8) is 0 Å². The van der Waals surface area contributed by atoms with E-state index in [-0.39, 0.29) is 25.8 Å². The fraction of sp³-hybridized carbons (Fsp3) is 0.750. The summed E-state index contributed by atoms with van der Waals surface area (Å²) in [6.45, 7) is 1.46. The minimum atomic E-state index is -0.653. The van der Waals surface area contributed by atoms with E-state index in [9.17, 15) is 14.4 Å². The summed E-state index contributed by atoms with van der Waals surface area (Å²) in [6, 6.07) is 0. The Morgan fingerprint density at radius 3 is 2.33 bits per heavy atom. The van der Waals surface area contributed by atoms with Crippen LogP contribution >= 0.6 is 0 Å². The van der Waals surface area contributed by atoms with E-state index in [4.69, 9.17) is 14.2 Å². The van der Waals surface area contributed by atoms with Crippen LogP contribution in [0.5, 0.6) is 0 Å². The SMILES string of the molecule is COCCn1c(=O)n(CC2CO2)c(=O)n(C2CCO2)c1=O. The van der Waals surface area contributed by atoms with Gasteiger partial charge in [-0.05, 0) is 0 Å². The van der Waals surface area contributed by atoms with E-state index in [1.54, 1.807) is 0 Å². The van der Waals surface area contributed by atoms with Crippen LogP contribution in [0.25, 0.3) is 0 Å². The summed E-state index contributed by atoms with van der Waals surface area (Å²) in [5, 5.41) is 0. The molecule has 1 aromatic rings. The predicted molar refractivity (Wildman–Crippen MR) is 70.4 cm³/mol. The highest BCUT2D eigenvalue weighted by Gasteiger charge is 2.30. The molecule has 9 nitrogen and oxygen atoms in total. The molecule has 2 aliphatic heterocycles. The molecule has 116 valence electrons. The molecule has 2 fully saturated rings. The average Bonchev–Trinajstić information content (AvgIpc) is 3.21. The van der Waals surface area contributed by atoms with Gasteiger partial charge in [-0.25, -0.2) is 28.1 Å². The van der Waals surface area contributed by atoms with Gasteiger partial charge in [0.15, 0.2) is 0 Å². The summed E-state index contributed by atoms with van der Waals surface area (Å²) >= 11 is 0. The topological polar surface area (TPSA) is 97.0 Å². The van der Waals surface area contributed by atoms with Gasteiger partial charge in [-0.2, -0.15) is 0 Å². The Kier molecular flexibility index (Phi) is 3.79. The highest BCUT2D eigenvalue weighted by Crippen LogP contribution is 2.19. The molecule has 2 unspecified atom stereocenters. The van der Waals surface area contributed by atoms with Gasteiger partial charge in [-0.15, -0.1) is 0 Å². The molecule has 9 heteroatoms. The van der Waals surface area contributed by atoms with Crippen molar-refractivity contribution in [1.82, 2.24) is 13.7 Å². The van der Waals surface area contributed by atoms with Crippen LogP contribution < -0.4 is 17.1 Å². The van der Waals surface area contributed by atoms with Gasteiger partial charge in [0.2, 0.25) is 0 Å². The number of rotatable bonds is 6. The van der Waals surface area contributed by atoms with E-state index in [1.807, 2.05) is 0 Å². The molecular formula is C12H17N3O6. The molecule has 3 heterocycles. The summed E-state index contributed by atoms with van der Waals surface area (Å²) in [5.74, 6) is 0. The number of aromatic nitrogens is 3. The maximum absolute atomic E-state index is 12.4. The van der Waals surface area contributed by atoms with Gasteiger partial charge in [0.05, 0.1) is 39.0 Å². The lowest BCUT2D eigenvalue weighted by Crippen LogP contribution is -2.57. The Hall–Kier alpha value is -1.71. The fourth-order valence-corrected chi connectivity index (χ4v) is 2.23. The minimum Gasteiger partial charge on any atom is -0.383 e. The molecule has 0 aliphatic carbocycles. The smallest absolute Gasteiger partial charge is 0.338 e. The molecular weight excluding hydrogens is 282 g/mol. The lowest BCUT2D eigenvalue weighted by molar-refractivity contribution is -0.106. The molecule has 0 bridgehead atoms. The summed E-state index contributed by atoms with van der Waals surface area (Å²) in [5.41, 5.74) is -1.92. The van der Waals surface area contributed by atoms with Gasteiger partial charge in [-0.1, -0.05) is 0 Å². The van der Waals surface area contributed by atoms with Crippen molar-refractivity contribution in [2.75, 3.05) is 26.9 Å². The van der Waals surface area contributed by atoms with E-state index in [1.165, 1.54) is 7.11 Å². The normalized spacial score (nSPS) is 23.9. The highest BCUT2D eigenvalue weighted by molar-refractivity contribution is 4.85. The lowest BCUT2D eigenvalue weighted by Gasteiger charge is -2.28. The summed E-state index contributed by atoms with van der Waals surface area (Å²) in [4.78, 5) is 37.1. The first-order valence-electron chi connectivity index (χ1n) is 6.82. The Bertz CT molecular complexity index is 694. The molecule has 1 aromatic heterocycles. The Morgan fingerprint density at radius 2 is 1.81 bits per heavy atom. The molecule has 2 aliphatic rings. The zero-order chi connectivity index (χ0) is 15.0. The monoisotopic (exact) mass is 299 g/mol. The molecule has 0 spiro atoms. The fourth-order valence-electron chi connectivity index (χ4n) is 2.23.